The molecule has 0 aromatic carbocycles. The van der Waals surface area contributed by atoms with Crippen molar-refractivity contribution in [3.05, 3.63) is 24.4 Å². The largest absolute Gasteiger partial charge is 0.341 e. The average molecular weight is 233 g/mol. The molecule has 2 aromatic rings. The van der Waals surface area contributed by atoms with Crippen molar-refractivity contribution in [1.29, 1.82) is 0 Å². The molecular formula is C12H19N5. The molecule has 0 spiro atoms. The van der Waals surface area contributed by atoms with Crippen molar-refractivity contribution in [3.8, 4) is 11.3 Å². The van der Waals surface area contributed by atoms with Crippen LogP contribution in [-0.2, 0) is 13.6 Å². The van der Waals surface area contributed by atoms with Crippen LogP contribution in [0.4, 0.5) is 0 Å². The van der Waals surface area contributed by atoms with Gasteiger partial charge >= 0.3 is 0 Å². The Labute approximate surface area is 101 Å². The fourth-order valence-electron chi connectivity index (χ4n) is 1.57. The second-order valence-corrected chi connectivity index (χ2v) is 4.34. The first-order valence-corrected chi connectivity index (χ1v) is 5.95. The zero-order chi connectivity index (χ0) is 12.3. The molecule has 92 valence electrons. The first-order chi connectivity index (χ1) is 8.19. The van der Waals surface area contributed by atoms with Crippen LogP contribution in [0.3, 0.4) is 0 Å². The number of aryl methyl sites for hydroxylation is 1. The van der Waals surface area contributed by atoms with Crippen LogP contribution in [0.2, 0.25) is 0 Å². The summed E-state index contributed by atoms with van der Waals surface area (Å²) in [6, 6.07) is 0.516. The molecule has 2 aromatic heterocycles. The predicted octanol–water partition coefficient (Wildman–Crippen LogP) is 1.70. The summed E-state index contributed by atoms with van der Waals surface area (Å²) in [5, 5.41) is 7.55. The standard InChI is InChI=1S/C12H19N5/c1-4-9(2)13-7-12-14-6-11(16-12)10-5-15-17(3)8-10/h5-6,8-9,13H,4,7H2,1-3H3,(H,14,16). The highest BCUT2D eigenvalue weighted by Gasteiger charge is 2.05. The molecular weight excluding hydrogens is 214 g/mol. The molecule has 0 bridgehead atoms. The normalized spacial score (nSPS) is 12.9. The quantitative estimate of drug-likeness (QED) is 0.826. The van der Waals surface area contributed by atoms with E-state index in [1.807, 2.05) is 25.6 Å². The molecule has 0 aliphatic rings. The van der Waals surface area contributed by atoms with E-state index in [0.29, 0.717) is 6.04 Å². The minimum absolute atomic E-state index is 0.516. The van der Waals surface area contributed by atoms with E-state index in [9.17, 15) is 0 Å². The molecule has 5 heteroatoms. The Bertz CT molecular complexity index is 471. The van der Waals surface area contributed by atoms with Gasteiger partial charge in [-0.3, -0.25) is 4.68 Å². The smallest absolute Gasteiger partial charge is 0.120 e. The van der Waals surface area contributed by atoms with Crippen molar-refractivity contribution >= 4 is 0 Å². The Hall–Kier alpha value is -1.62. The third-order valence-corrected chi connectivity index (χ3v) is 2.87. The Balaban J connectivity index is 2.01. The highest BCUT2D eigenvalue weighted by Crippen LogP contribution is 2.15. The van der Waals surface area contributed by atoms with Crippen LogP contribution in [0, 0.1) is 0 Å². The molecule has 2 N–H and O–H groups in total. The minimum atomic E-state index is 0.516. The van der Waals surface area contributed by atoms with E-state index < -0.39 is 0 Å². The summed E-state index contributed by atoms with van der Waals surface area (Å²) in [6.07, 6.45) is 6.78. The Morgan fingerprint density at radius 1 is 1.47 bits per heavy atom. The molecule has 0 aliphatic carbocycles. The lowest BCUT2D eigenvalue weighted by atomic mass is 10.2. The maximum atomic E-state index is 4.35. The third-order valence-electron chi connectivity index (χ3n) is 2.87. The van der Waals surface area contributed by atoms with Gasteiger partial charge in [0.05, 0.1) is 24.6 Å². The van der Waals surface area contributed by atoms with Gasteiger partial charge in [-0.1, -0.05) is 6.92 Å². The molecule has 0 saturated heterocycles. The zero-order valence-electron chi connectivity index (χ0n) is 10.6. The van der Waals surface area contributed by atoms with Gasteiger partial charge in [0, 0.05) is 24.8 Å². The number of H-pyrrole nitrogens is 1. The SMILES string of the molecule is CCC(C)NCc1ncc(-c2cnn(C)c2)[nH]1. The van der Waals surface area contributed by atoms with Gasteiger partial charge in [-0.2, -0.15) is 5.10 Å². The van der Waals surface area contributed by atoms with E-state index in [0.717, 1.165) is 30.0 Å². The van der Waals surface area contributed by atoms with E-state index in [1.54, 1.807) is 4.68 Å². The van der Waals surface area contributed by atoms with Crippen molar-refractivity contribution in [2.24, 2.45) is 7.05 Å². The summed E-state index contributed by atoms with van der Waals surface area (Å²) in [5.74, 6) is 0.962. The van der Waals surface area contributed by atoms with Crippen LogP contribution >= 0.6 is 0 Å². The van der Waals surface area contributed by atoms with Crippen LogP contribution in [0.25, 0.3) is 11.3 Å². The summed E-state index contributed by atoms with van der Waals surface area (Å²) < 4.78 is 1.78. The monoisotopic (exact) mass is 233 g/mol. The van der Waals surface area contributed by atoms with Gasteiger partial charge in [-0.25, -0.2) is 4.98 Å². The van der Waals surface area contributed by atoms with E-state index in [4.69, 9.17) is 0 Å². The molecule has 0 saturated carbocycles. The van der Waals surface area contributed by atoms with Gasteiger partial charge in [-0.05, 0) is 13.3 Å². The summed E-state index contributed by atoms with van der Waals surface area (Å²) >= 11 is 0. The van der Waals surface area contributed by atoms with E-state index in [2.05, 4.69) is 34.2 Å². The summed E-state index contributed by atoms with van der Waals surface area (Å²) in [5.41, 5.74) is 2.08. The average Bonchev–Trinajstić information content (AvgIpc) is 2.94. The fraction of sp³-hybridized carbons (Fsp3) is 0.500. The number of hydrogen-bond donors (Lipinski definition) is 2. The van der Waals surface area contributed by atoms with E-state index >= 15 is 0 Å². The third kappa shape index (κ3) is 2.94. The van der Waals surface area contributed by atoms with Crippen LogP contribution in [0.15, 0.2) is 18.6 Å². The fourth-order valence-corrected chi connectivity index (χ4v) is 1.57. The molecule has 17 heavy (non-hydrogen) atoms. The molecule has 1 atom stereocenters. The van der Waals surface area contributed by atoms with Crippen molar-refractivity contribution in [2.75, 3.05) is 0 Å². The number of aromatic amines is 1. The molecule has 2 heterocycles. The molecule has 0 aliphatic heterocycles. The highest BCUT2D eigenvalue weighted by molar-refractivity contribution is 5.55. The first-order valence-electron chi connectivity index (χ1n) is 5.95. The lowest BCUT2D eigenvalue weighted by molar-refractivity contribution is 0.525. The zero-order valence-corrected chi connectivity index (χ0v) is 10.6. The summed E-state index contributed by atoms with van der Waals surface area (Å²) in [7, 11) is 1.91. The molecule has 0 amide bonds. The van der Waals surface area contributed by atoms with E-state index in [-0.39, 0.29) is 0 Å². The van der Waals surface area contributed by atoms with Gasteiger partial charge in [-0.15, -0.1) is 0 Å². The minimum Gasteiger partial charge on any atom is -0.341 e. The Morgan fingerprint density at radius 2 is 2.29 bits per heavy atom. The van der Waals surface area contributed by atoms with Crippen molar-refractivity contribution in [2.45, 2.75) is 32.9 Å². The topological polar surface area (TPSA) is 58.5 Å². The maximum absolute atomic E-state index is 4.35. The van der Waals surface area contributed by atoms with Gasteiger partial charge in [0.25, 0.3) is 0 Å². The summed E-state index contributed by atoms with van der Waals surface area (Å²) in [4.78, 5) is 7.65. The predicted molar refractivity (Wildman–Crippen MR) is 67.4 cm³/mol. The number of aromatic nitrogens is 4. The van der Waals surface area contributed by atoms with Gasteiger partial charge in [0.15, 0.2) is 0 Å². The van der Waals surface area contributed by atoms with Crippen molar-refractivity contribution in [3.63, 3.8) is 0 Å². The van der Waals surface area contributed by atoms with Crippen LogP contribution in [-0.4, -0.2) is 25.8 Å². The van der Waals surface area contributed by atoms with Crippen molar-refractivity contribution < 1.29 is 0 Å². The number of hydrogen-bond acceptors (Lipinski definition) is 3. The Kier molecular flexibility index (Phi) is 3.58. The summed E-state index contributed by atoms with van der Waals surface area (Å²) in [6.45, 7) is 5.11. The molecule has 0 radical (unpaired) electrons. The maximum Gasteiger partial charge on any atom is 0.120 e. The van der Waals surface area contributed by atoms with Gasteiger partial charge in [0.1, 0.15) is 5.82 Å². The lowest BCUT2D eigenvalue weighted by Crippen LogP contribution is -2.24. The molecule has 2 rings (SSSR count). The Morgan fingerprint density at radius 3 is 2.94 bits per heavy atom. The number of nitrogens with one attached hydrogen (secondary N) is 2. The molecule has 5 nitrogen and oxygen atoms in total. The second-order valence-electron chi connectivity index (χ2n) is 4.34. The van der Waals surface area contributed by atoms with Gasteiger partial charge < -0.3 is 10.3 Å². The number of nitrogens with zero attached hydrogens (tertiary/aromatic N) is 3. The number of rotatable bonds is 5. The molecule has 0 fully saturated rings. The lowest BCUT2D eigenvalue weighted by Gasteiger charge is -2.08. The highest BCUT2D eigenvalue weighted by atomic mass is 15.2. The molecule has 1 unspecified atom stereocenters. The van der Waals surface area contributed by atoms with Gasteiger partial charge in [0.2, 0.25) is 0 Å². The first kappa shape index (κ1) is 11.9. The van der Waals surface area contributed by atoms with Crippen molar-refractivity contribution in [1.82, 2.24) is 25.1 Å². The van der Waals surface area contributed by atoms with Crippen LogP contribution in [0.1, 0.15) is 26.1 Å². The van der Waals surface area contributed by atoms with E-state index in [1.165, 1.54) is 0 Å². The van der Waals surface area contributed by atoms with Crippen LogP contribution < -0.4 is 5.32 Å². The van der Waals surface area contributed by atoms with Crippen LogP contribution in [0.5, 0.6) is 0 Å². The number of imidazole rings is 1. The second kappa shape index (κ2) is 5.14.